The van der Waals surface area contributed by atoms with Gasteiger partial charge < -0.3 is 10.3 Å². The molecule has 1 aliphatic carbocycles. The fourth-order valence-corrected chi connectivity index (χ4v) is 4.37. The smallest absolute Gasteiger partial charge is 0.152 e. The quantitative estimate of drug-likeness (QED) is 0.822. The van der Waals surface area contributed by atoms with Gasteiger partial charge in [0, 0.05) is 31.6 Å². The minimum absolute atomic E-state index is 0.248. The van der Waals surface area contributed by atoms with E-state index >= 15 is 0 Å². The maximum atomic E-state index is 11.5. The lowest BCUT2D eigenvalue weighted by Crippen LogP contribution is -2.40. The summed E-state index contributed by atoms with van der Waals surface area (Å²) in [6.07, 6.45) is 1.97. The number of sulfone groups is 1. The zero-order valence-electron chi connectivity index (χ0n) is 12.4. The topological polar surface area (TPSA) is 94.1 Å². The van der Waals surface area contributed by atoms with Crippen LogP contribution in [0, 0.1) is 0 Å². The van der Waals surface area contributed by atoms with Crippen molar-refractivity contribution in [3.05, 3.63) is 11.6 Å². The third-order valence-electron chi connectivity index (χ3n) is 4.51. The van der Waals surface area contributed by atoms with Crippen molar-refractivity contribution in [3.8, 4) is 0 Å². The van der Waals surface area contributed by atoms with Crippen molar-refractivity contribution in [1.29, 1.82) is 0 Å². The summed E-state index contributed by atoms with van der Waals surface area (Å²) in [6.45, 7) is 4.78. The van der Waals surface area contributed by atoms with Crippen LogP contribution in [0.3, 0.4) is 0 Å². The summed E-state index contributed by atoms with van der Waals surface area (Å²) in [5.74, 6) is 2.91. The lowest BCUT2D eigenvalue weighted by atomic mass is 9.80. The summed E-state index contributed by atoms with van der Waals surface area (Å²) in [5, 5.41) is 8.68. The molecule has 0 amide bonds. The normalized spacial score (nSPS) is 29.2. The highest BCUT2D eigenvalue weighted by Crippen LogP contribution is 2.34. The second kappa shape index (κ2) is 5.66. The minimum atomic E-state index is -2.83. The van der Waals surface area contributed by atoms with Crippen LogP contribution < -0.4 is 5.73 Å². The highest BCUT2D eigenvalue weighted by atomic mass is 32.2. The monoisotopic (exact) mass is 313 g/mol. The summed E-state index contributed by atoms with van der Waals surface area (Å²) in [6, 6.07) is 0.299. The van der Waals surface area contributed by atoms with Crippen LogP contribution in [0.5, 0.6) is 0 Å². The zero-order chi connectivity index (χ0) is 15.0. The Balaban J connectivity index is 1.68. The molecule has 0 aromatic carbocycles. The standard InChI is InChI=1S/C13H23N5O2S/c1-2-18-12(9-17-3-5-21(19,20)6-4-17)15-16-13(18)10-7-11(14)8-10/h10-11H,2-9,14H2,1H3. The predicted octanol–water partition coefficient (Wildman–Crippen LogP) is -0.267. The van der Waals surface area contributed by atoms with Crippen molar-refractivity contribution >= 4 is 9.84 Å². The van der Waals surface area contributed by atoms with Crippen molar-refractivity contribution in [2.75, 3.05) is 24.6 Å². The van der Waals surface area contributed by atoms with Gasteiger partial charge in [-0.25, -0.2) is 8.42 Å². The van der Waals surface area contributed by atoms with Gasteiger partial charge in [0.05, 0.1) is 18.1 Å². The Bertz CT molecular complexity index is 592. The molecule has 2 aliphatic rings. The molecule has 21 heavy (non-hydrogen) atoms. The van der Waals surface area contributed by atoms with E-state index in [1.807, 2.05) is 0 Å². The van der Waals surface area contributed by atoms with Crippen LogP contribution in [0.1, 0.15) is 37.3 Å². The van der Waals surface area contributed by atoms with Crippen molar-refractivity contribution < 1.29 is 8.42 Å². The molecular weight excluding hydrogens is 290 g/mol. The molecule has 0 spiro atoms. The van der Waals surface area contributed by atoms with Gasteiger partial charge in [-0.1, -0.05) is 0 Å². The van der Waals surface area contributed by atoms with Crippen LogP contribution in [0.2, 0.25) is 0 Å². The van der Waals surface area contributed by atoms with E-state index in [1.165, 1.54) is 0 Å². The van der Waals surface area contributed by atoms with E-state index in [4.69, 9.17) is 5.73 Å². The van der Waals surface area contributed by atoms with Gasteiger partial charge in [0.1, 0.15) is 11.6 Å². The van der Waals surface area contributed by atoms with E-state index in [2.05, 4.69) is 26.6 Å². The van der Waals surface area contributed by atoms with Gasteiger partial charge in [-0.15, -0.1) is 10.2 Å². The summed E-state index contributed by atoms with van der Waals surface area (Å²) in [5.41, 5.74) is 5.86. The third-order valence-corrected chi connectivity index (χ3v) is 6.12. The van der Waals surface area contributed by atoms with Gasteiger partial charge in [-0.3, -0.25) is 4.90 Å². The summed E-state index contributed by atoms with van der Waals surface area (Å²) in [4.78, 5) is 2.15. The van der Waals surface area contributed by atoms with Gasteiger partial charge in [0.2, 0.25) is 0 Å². The number of hydrogen-bond donors (Lipinski definition) is 1. The minimum Gasteiger partial charge on any atom is -0.328 e. The lowest BCUT2D eigenvalue weighted by Gasteiger charge is -2.32. The molecular formula is C13H23N5O2S. The number of aromatic nitrogens is 3. The van der Waals surface area contributed by atoms with Crippen LogP contribution in [0.25, 0.3) is 0 Å². The maximum Gasteiger partial charge on any atom is 0.152 e. The van der Waals surface area contributed by atoms with E-state index < -0.39 is 9.84 Å². The summed E-state index contributed by atoms with van der Waals surface area (Å²) < 4.78 is 25.1. The average molecular weight is 313 g/mol. The predicted molar refractivity (Wildman–Crippen MR) is 79.6 cm³/mol. The second-order valence-electron chi connectivity index (χ2n) is 6.08. The molecule has 1 aromatic heterocycles. The number of rotatable bonds is 4. The van der Waals surface area contributed by atoms with Crippen LogP contribution >= 0.6 is 0 Å². The van der Waals surface area contributed by atoms with Crippen molar-refractivity contribution in [2.24, 2.45) is 5.73 Å². The highest BCUT2D eigenvalue weighted by Gasteiger charge is 2.32. The van der Waals surface area contributed by atoms with Gasteiger partial charge in [0.15, 0.2) is 9.84 Å². The second-order valence-corrected chi connectivity index (χ2v) is 8.38. The van der Waals surface area contributed by atoms with Crippen LogP contribution in [0.15, 0.2) is 0 Å². The molecule has 3 rings (SSSR count). The van der Waals surface area contributed by atoms with Gasteiger partial charge in [-0.05, 0) is 19.8 Å². The Morgan fingerprint density at radius 3 is 2.48 bits per heavy atom. The Morgan fingerprint density at radius 2 is 1.90 bits per heavy atom. The van der Waals surface area contributed by atoms with Crippen molar-refractivity contribution in [3.63, 3.8) is 0 Å². The Labute approximate surface area is 125 Å². The number of nitrogens with two attached hydrogens (primary N) is 1. The largest absolute Gasteiger partial charge is 0.328 e. The highest BCUT2D eigenvalue weighted by molar-refractivity contribution is 7.91. The third kappa shape index (κ3) is 3.12. The van der Waals surface area contributed by atoms with E-state index in [0.29, 0.717) is 31.6 Å². The molecule has 1 aliphatic heterocycles. The molecule has 2 heterocycles. The Morgan fingerprint density at radius 1 is 1.24 bits per heavy atom. The molecule has 0 atom stereocenters. The molecule has 118 valence electrons. The van der Waals surface area contributed by atoms with E-state index in [0.717, 1.165) is 31.0 Å². The number of hydrogen-bond acceptors (Lipinski definition) is 6. The van der Waals surface area contributed by atoms with Crippen LogP contribution in [-0.4, -0.2) is 58.7 Å². The lowest BCUT2D eigenvalue weighted by molar-refractivity contribution is 0.274. The van der Waals surface area contributed by atoms with E-state index in [-0.39, 0.29) is 11.5 Å². The first-order valence-corrected chi connectivity index (χ1v) is 9.41. The molecule has 0 bridgehead atoms. The molecule has 0 unspecified atom stereocenters. The van der Waals surface area contributed by atoms with Crippen molar-refractivity contribution in [1.82, 2.24) is 19.7 Å². The van der Waals surface area contributed by atoms with Gasteiger partial charge >= 0.3 is 0 Å². The zero-order valence-corrected chi connectivity index (χ0v) is 13.2. The molecule has 2 fully saturated rings. The van der Waals surface area contributed by atoms with E-state index in [9.17, 15) is 8.42 Å². The summed E-state index contributed by atoms with van der Waals surface area (Å²) >= 11 is 0. The Kier molecular flexibility index (Phi) is 4.02. The van der Waals surface area contributed by atoms with Crippen LogP contribution in [0.4, 0.5) is 0 Å². The van der Waals surface area contributed by atoms with Crippen LogP contribution in [-0.2, 0) is 22.9 Å². The molecule has 1 saturated heterocycles. The SMILES string of the molecule is CCn1c(CN2CCS(=O)(=O)CC2)nnc1C1CC(N)C1. The van der Waals surface area contributed by atoms with Crippen molar-refractivity contribution in [2.45, 2.75) is 44.8 Å². The molecule has 0 radical (unpaired) electrons. The number of nitrogens with zero attached hydrogens (tertiary/aromatic N) is 4. The fourth-order valence-electron chi connectivity index (χ4n) is 3.09. The van der Waals surface area contributed by atoms with Gasteiger partial charge in [0.25, 0.3) is 0 Å². The molecule has 2 N–H and O–H groups in total. The Hall–Kier alpha value is -0.990. The first kappa shape index (κ1) is 14.9. The molecule has 1 saturated carbocycles. The van der Waals surface area contributed by atoms with E-state index in [1.54, 1.807) is 0 Å². The summed E-state index contributed by atoms with van der Waals surface area (Å²) in [7, 11) is -2.83. The first-order valence-electron chi connectivity index (χ1n) is 7.59. The maximum absolute atomic E-state index is 11.5. The first-order chi connectivity index (χ1) is 9.98. The fraction of sp³-hybridized carbons (Fsp3) is 0.846. The molecule has 8 heteroatoms. The molecule has 7 nitrogen and oxygen atoms in total. The molecule has 1 aromatic rings. The average Bonchev–Trinajstić information content (AvgIpc) is 2.80. The van der Waals surface area contributed by atoms with Gasteiger partial charge in [-0.2, -0.15) is 0 Å².